The Morgan fingerprint density at radius 2 is 1.81 bits per heavy atom. The summed E-state index contributed by atoms with van der Waals surface area (Å²) in [4.78, 5) is 40.1. The number of carbonyl (C=O) groups excluding carboxylic acids is 2. The van der Waals surface area contributed by atoms with E-state index in [0.717, 1.165) is 29.6 Å². The summed E-state index contributed by atoms with van der Waals surface area (Å²) >= 11 is 1.27. The third kappa shape index (κ3) is 5.02. The average Bonchev–Trinajstić information content (AvgIpc) is 3.24. The SMILES string of the molecule is COC(=O)c1c(NC(=O)c2cc(OC)c(OC)cc2[N+](=O)[O-])sc2c1CCN(Cc1ccccc1)C2. The largest absolute Gasteiger partial charge is 0.493 e. The molecule has 4 rings (SSSR count). The molecule has 0 radical (unpaired) electrons. The fourth-order valence-corrected chi connectivity index (χ4v) is 5.48. The number of esters is 1. The second-order valence-corrected chi connectivity index (χ2v) is 9.19. The third-order valence-electron chi connectivity index (χ3n) is 5.94. The zero-order valence-corrected chi connectivity index (χ0v) is 20.8. The lowest BCUT2D eigenvalue weighted by Crippen LogP contribution is -2.29. The van der Waals surface area contributed by atoms with E-state index < -0.39 is 22.5 Å². The molecule has 2 aromatic carbocycles. The van der Waals surface area contributed by atoms with Crippen molar-refractivity contribution in [3.63, 3.8) is 0 Å². The molecule has 1 amide bonds. The Morgan fingerprint density at radius 3 is 2.44 bits per heavy atom. The van der Waals surface area contributed by atoms with Crippen LogP contribution in [0.25, 0.3) is 0 Å². The van der Waals surface area contributed by atoms with Gasteiger partial charge in [0.05, 0.1) is 37.9 Å². The second-order valence-electron chi connectivity index (χ2n) is 8.08. The van der Waals surface area contributed by atoms with Gasteiger partial charge in [-0.15, -0.1) is 11.3 Å². The minimum atomic E-state index is -0.743. The number of carbonyl (C=O) groups is 2. The molecule has 1 aromatic heterocycles. The maximum atomic E-state index is 13.2. The maximum absolute atomic E-state index is 13.2. The van der Waals surface area contributed by atoms with Crippen LogP contribution in [0.5, 0.6) is 11.5 Å². The number of hydrogen-bond acceptors (Lipinski definition) is 9. The number of nitrogens with zero attached hydrogens (tertiary/aromatic N) is 2. The van der Waals surface area contributed by atoms with Crippen molar-refractivity contribution >= 4 is 33.9 Å². The second kappa shape index (κ2) is 10.8. The smallest absolute Gasteiger partial charge is 0.341 e. The predicted octanol–water partition coefficient (Wildman–Crippen LogP) is 4.27. The number of benzene rings is 2. The Hall–Kier alpha value is -3.96. The van der Waals surface area contributed by atoms with Gasteiger partial charge >= 0.3 is 5.97 Å². The van der Waals surface area contributed by atoms with E-state index in [1.807, 2.05) is 18.2 Å². The standard InChI is InChI=1S/C25H25N3O7S/c1-33-19-11-17(18(28(31)32)12-20(19)34-2)23(29)26-24-22(25(30)35-3)16-9-10-27(14-21(16)36-24)13-15-7-5-4-6-8-15/h4-8,11-12H,9-10,13-14H2,1-3H3,(H,26,29). The molecular weight excluding hydrogens is 486 g/mol. The molecule has 188 valence electrons. The van der Waals surface area contributed by atoms with Crippen LogP contribution in [0.3, 0.4) is 0 Å². The number of nitrogens with one attached hydrogen (secondary N) is 1. The Kier molecular flexibility index (Phi) is 7.51. The van der Waals surface area contributed by atoms with Gasteiger partial charge < -0.3 is 19.5 Å². The van der Waals surface area contributed by atoms with Crippen LogP contribution in [0.2, 0.25) is 0 Å². The third-order valence-corrected chi connectivity index (χ3v) is 7.08. The number of methoxy groups -OCH3 is 3. The van der Waals surface area contributed by atoms with E-state index in [9.17, 15) is 19.7 Å². The first-order valence-electron chi connectivity index (χ1n) is 11.1. The number of amides is 1. The Balaban J connectivity index is 1.66. The first-order valence-corrected chi connectivity index (χ1v) is 11.9. The Bertz CT molecular complexity index is 1310. The van der Waals surface area contributed by atoms with Gasteiger partial charge in [0.2, 0.25) is 0 Å². The monoisotopic (exact) mass is 511 g/mol. The minimum absolute atomic E-state index is 0.126. The lowest BCUT2D eigenvalue weighted by atomic mass is 10.0. The molecule has 0 saturated carbocycles. The zero-order chi connectivity index (χ0) is 25.8. The van der Waals surface area contributed by atoms with E-state index in [4.69, 9.17) is 14.2 Å². The first-order chi connectivity index (χ1) is 17.4. The lowest BCUT2D eigenvalue weighted by molar-refractivity contribution is -0.385. The summed E-state index contributed by atoms with van der Waals surface area (Å²) in [6.45, 7) is 2.09. The normalized spacial score (nSPS) is 13.0. The number of anilines is 1. The van der Waals surface area contributed by atoms with Gasteiger partial charge in [-0.05, 0) is 17.5 Å². The molecule has 0 saturated heterocycles. The van der Waals surface area contributed by atoms with Crippen molar-refractivity contribution in [1.29, 1.82) is 0 Å². The summed E-state index contributed by atoms with van der Waals surface area (Å²) in [5, 5.41) is 14.7. The van der Waals surface area contributed by atoms with E-state index >= 15 is 0 Å². The fraction of sp³-hybridized carbons (Fsp3) is 0.280. The van der Waals surface area contributed by atoms with Crippen molar-refractivity contribution in [2.24, 2.45) is 0 Å². The fourth-order valence-electron chi connectivity index (χ4n) is 4.21. The molecular formula is C25H25N3O7S. The van der Waals surface area contributed by atoms with Crippen molar-refractivity contribution in [3.05, 3.63) is 79.7 Å². The van der Waals surface area contributed by atoms with Gasteiger partial charge in [-0.25, -0.2) is 4.79 Å². The van der Waals surface area contributed by atoms with Crippen LogP contribution in [-0.4, -0.2) is 49.6 Å². The summed E-state index contributed by atoms with van der Waals surface area (Å²) < 4.78 is 15.3. The molecule has 2 heterocycles. The molecule has 36 heavy (non-hydrogen) atoms. The molecule has 0 spiro atoms. The van der Waals surface area contributed by atoms with E-state index in [-0.39, 0.29) is 22.6 Å². The topological polar surface area (TPSA) is 120 Å². The molecule has 0 aliphatic carbocycles. The van der Waals surface area contributed by atoms with E-state index in [0.29, 0.717) is 18.0 Å². The molecule has 1 aliphatic rings. The summed E-state index contributed by atoms with van der Waals surface area (Å²) in [7, 11) is 4.00. The molecule has 11 heteroatoms. The van der Waals surface area contributed by atoms with Crippen molar-refractivity contribution < 1.29 is 28.7 Å². The van der Waals surface area contributed by atoms with Crippen LogP contribution in [0.1, 0.15) is 36.7 Å². The summed E-state index contributed by atoms with van der Waals surface area (Å²) in [6.07, 6.45) is 0.607. The number of nitro benzene ring substituents is 1. The predicted molar refractivity (Wildman–Crippen MR) is 134 cm³/mol. The molecule has 1 N–H and O–H groups in total. The Labute approximate surface area is 211 Å². The maximum Gasteiger partial charge on any atom is 0.341 e. The lowest BCUT2D eigenvalue weighted by Gasteiger charge is -2.27. The first kappa shape index (κ1) is 25.1. The number of rotatable bonds is 8. The van der Waals surface area contributed by atoms with Crippen LogP contribution in [0, 0.1) is 10.1 Å². The molecule has 1 aliphatic heterocycles. The molecule has 0 atom stereocenters. The number of nitro groups is 1. The highest BCUT2D eigenvalue weighted by Crippen LogP contribution is 2.39. The Morgan fingerprint density at radius 1 is 1.11 bits per heavy atom. The van der Waals surface area contributed by atoms with Crippen LogP contribution in [0.15, 0.2) is 42.5 Å². The highest BCUT2D eigenvalue weighted by molar-refractivity contribution is 7.17. The van der Waals surface area contributed by atoms with Crippen molar-refractivity contribution in [1.82, 2.24) is 4.90 Å². The average molecular weight is 512 g/mol. The summed E-state index contributed by atoms with van der Waals surface area (Å²) in [6, 6.07) is 12.5. The quantitative estimate of drug-likeness (QED) is 0.270. The van der Waals surface area contributed by atoms with Gasteiger partial charge in [0.15, 0.2) is 11.5 Å². The highest BCUT2D eigenvalue weighted by Gasteiger charge is 2.31. The van der Waals surface area contributed by atoms with Crippen LogP contribution in [0.4, 0.5) is 10.7 Å². The number of ether oxygens (including phenoxy) is 3. The van der Waals surface area contributed by atoms with Crippen molar-refractivity contribution in [3.8, 4) is 11.5 Å². The van der Waals surface area contributed by atoms with Crippen LogP contribution in [-0.2, 0) is 24.2 Å². The van der Waals surface area contributed by atoms with Gasteiger partial charge in [0.1, 0.15) is 10.6 Å². The highest BCUT2D eigenvalue weighted by atomic mass is 32.1. The number of fused-ring (bicyclic) bond motifs is 1. The van der Waals surface area contributed by atoms with E-state index in [2.05, 4.69) is 22.3 Å². The summed E-state index contributed by atoms with van der Waals surface area (Å²) in [5.74, 6) is -1.02. The van der Waals surface area contributed by atoms with Gasteiger partial charge in [0.25, 0.3) is 11.6 Å². The molecule has 10 nitrogen and oxygen atoms in total. The van der Waals surface area contributed by atoms with Gasteiger partial charge in [-0.3, -0.25) is 19.8 Å². The zero-order valence-electron chi connectivity index (χ0n) is 20.0. The number of thiophene rings is 1. The molecule has 3 aromatic rings. The molecule has 0 bridgehead atoms. The molecule has 0 unspecified atom stereocenters. The van der Waals surface area contributed by atoms with Crippen molar-refractivity contribution in [2.75, 3.05) is 33.2 Å². The van der Waals surface area contributed by atoms with Crippen LogP contribution < -0.4 is 14.8 Å². The van der Waals surface area contributed by atoms with E-state index in [1.165, 1.54) is 44.3 Å². The number of hydrogen-bond donors (Lipinski definition) is 1. The van der Waals surface area contributed by atoms with E-state index in [1.54, 1.807) is 0 Å². The summed E-state index contributed by atoms with van der Waals surface area (Å²) in [5.41, 5.74) is 1.63. The van der Waals surface area contributed by atoms with Gasteiger partial charge in [-0.1, -0.05) is 30.3 Å². The van der Waals surface area contributed by atoms with Crippen molar-refractivity contribution in [2.45, 2.75) is 19.5 Å². The van der Waals surface area contributed by atoms with Crippen LogP contribution >= 0.6 is 11.3 Å². The van der Waals surface area contributed by atoms with Gasteiger partial charge in [-0.2, -0.15) is 0 Å². The minimum Gasteiger partial charge on any atom is -0.493 e. The van der Waals surface area contributed by atoms with Gasteiger partial charge in [0, 0.05) is 30.6 Å². The molecule has 0 fully saturated rings.